The van der Waals surface area contributed by atoms with Gasteiger partial charge in [0.15, 0.2) is 0 Å². The van der Waals surface area contributed by atoms with Crippen molar-refractivity contribution in [1.82, 2.24) is 9.29 Å². The van der Waals surface area contributed by atoms with Crippen molar-refractivity contribution >= 4 is 33.0 Å². The lowest BCUT2D eigenvalue weighted by Gasteiger charge is -2.26. The minimum absolute atomic E-state index is 0.279. The van der Waals surface area contributed by atoms with E-state index >= 15 is 0 Å². The van der Waals surface area contributed by atoms with Crippen LogP contribution in [0.5, 0.6) is 0 Å². The van der Waals surface area contributed by atoms with Crippen LogP contribution in [0.1, 0.15) is 16.1 Å². The van der Waals surface area contributed by atoms with Crippen LogP contribution in [0.25, 0.3) is 10.6 Å². The molecule has 0 aliphatic carbocycles. The van der Waals surface area contributed by atoms with Gasteiger partial charge in [0.2, 0.25) is 10.0 Å². The Morgan fingerprint density at radius 3 is 2.65 bits per heavy atom. The quantitative estimate of drug-likeness (QED) is 0.644. The van der Waals surface area contributed by atoms with Crippen molar-refractivity contribution in [3.05, 3.63) is 69.7 Å². The zero-order valence-corrected chi connectivity index (χ0v) is 16.5. The summed E-state index contributed by atoms with van der Waals surface area (Å²) in [7, 11) is -3.59. The predicted molar refractivity (Wildman–Crippen MR) is 105 cm³/mol. The highest BCUT2D eigenvalue weighted by atomic mass is 35.5. The summed E-state index contributed by atoms with van der Waals surface area (Å²) in [4.78, 5) is 6.01. The topological polar surface area (TPSA) is 50.3 Å². The lowest BCUT2D eigenvalue weighted by molar-refractivity contribution is 0.392. The molecule has 0 atom stereocenters. The van der Waals surface area contributed by atoms with Crippen LogP contribution in [0.3, 0.4) is 0 Å². The third-order valence-electron chi connectivity index (χ3n) is 4.55. The molecule has 1 aliphatic rings. The average Bonchev–Trinajstić information content (AvgIpc) is 3.08. The van der Waals surface area contributed by atoms with Gasteiger partial charge < -0.3 is 0 Å². The molecule has 7 heteroatoms. The van der Waals surface area contributed by atoms with E-state index in [1.807, 2.05) is 30.3 Å². The predicted octanol–water partition coefficient (Wildman–Crippen LogP) is 4.52. The number of hydrogen-bond donors (Lipinski definition) is 0. The SMILES string of the molecule is Cc1c(Cl)cccc1S(=O)(=O)N1CCc2nc(-c3ccccc3)sc2C1. The first-order valence-corrected chi connectivity index (χ1v) is 10.9. The smallest absolute Gasteiger partial charge is 0.241 e. The molecule has 2 aromatic carbocycles. The Labute approximate surface area is 162 Å². The normalized spacial score (nSPS) is 15.0. The molecule has 0 radical (unpaired) electrons. The molecule has 1 aliphatic heterocycles. The van der Waals surface area contributed by atoms with Crippen LogP contribution < -0.4 is 0 Å². The van der Waals surface area contributed by atoms with E-state index in [0.29, 0.717) is 30.1 Å². The Balaban J connectivity index is 1.66. The number of hydrogen-bond acceptors (Lipinski definition) is 4. The second kappa shape index (κ2) is 6.78. The maximum Gasteiger partial charge on any atom is 0.243 e. The molecule has 0 saturated heterocycles. The number of fused-ring (bicyclic) bond motifs is 1. The first kappa shape index (κ1) is 17.7. The fourth-order valence-electron chi connectivity index (χ4n) is 3.09. The molecule has 1 aromatic heterocycles. The highest BCUT2D eigenvalue weighted by molar-refractivity contribution is 7.89. The molecule has 0 amide bonds. The van der Waals surface area contributed by atoms with E-state index in [-0.39, 0.29) is 4.90 Å². The summed E-state index contributed by atoms with van der Waals surface area (Å²) >= 11 is 7.69. The van der Waals surface area contributed by atoms with Crippen molar-refractivity contribution in [3.8, 4) is 10.6 Å². The molecule has 0 fully saturated rings. The summed E-state index contributed by atoms with van der Waals surface area (Å²) < 4.78 is 27.7. The van der Waals surface area contributed by atoms with E-state index in [2.05, 4.69) is 0 Å². The molecule has 0 spiro atoms. The number of aromatic nitrogens is 1. The second-order valence-electron chi connectivity index (χ2n) is 6.21. The maximum absolute atomic E-state index is 13.1. The molecule has 3 aromatic rings. The number of rotatable bonds is 3. The van der Waals surface area contributed by atoms with Gasteiger partial charge in [-0.05, 0) is 24.6 Å². The van der Waals surface area contributed by atoms with Gasteiger partial charge in [-0.1, -0.05) is 48.0 Å². The molecule has 134 valence electrons. The molecular formula is C19H17ClN2O2S2. The minimum atomic E-state index is -3.59. The van der Waals surface area contributed by atoms with Gasteiger partial charge in [-0.15, -0.1) is 11.3 Å². The molecule has 4 nitrogen and oxygen atoms in total. The standard InChI is InChI=1S/C19H17ClN2O2S2/c1-13-15(20)8-5-9-18(13)26(23,24)22-11-10-16-17(12-22)25-19(21-16)14-6-3-2-4-7-14/h2-9H,10-12H2,1H3. The Morgan fingerprint density at radius 1 is 1.12 bits per heavy atom. The Morgan fingerprint density at radius 2 is 1.88 bits per heavy atom. The van der Waals surface area contributed by atoms with Gasteiger partial charge in [0.25, 0.3) is 0 Å². The lowest BCUT2D eigenvalue weighted by Crippen LogP contribution is -2.35. The van der Waals surface area contributed by atoms with E-state index in [4.69, 9.17) is 16.6 Å². The summed E-state index contributed by atoms with van der Waals surface area (Å²) in [5, 5.41) is 1.40. The van der Waals surface area contributed by atoms with Crippen molar-refractivity contribution in [3.63, 3.8) is 0 Å². The zero-order valence-electron chi connectivity index (χ0n) is 14.1. The zero-order chi connectivity index (χ0) is 18.3. The van der Waals surface area contributed by atoms with Crippen molar-refractivity contribution in [2.45, 2.75) is 24.8 Å². The third kappa shape index (κ3) is 3.07. The number of benzene rings is 2. The molecule has 0 unspecified atom stereocenters. The first-order chi connectivity index (χ1) is 12.5. The van der Waals surface area contributed by atoms with Crippen LogP contribution in [0.2, 0.25) is 5.02 Å². The summed E-state index contributed by atoms with van der Waals surface area (Å²) in [6.45, 7) is 2.53. The van der Waals surface area contributed by atoms with E-state index in [1.54, 1.807) is 36.5 Å². The van der Waals surface area contributed by atoms with Gasteiger partial charge in [-0.2, -0.15) is 4.31 Å². The van der Waals surface area contributed by atoms with Crippen LogP contribution in [0.15, 0.2) is 53.4 Å². The van der Waals surface area contributed by atoms with E-state index in [0.717, 1.165) is 21.1 Å². The monoisotopic (exact) mass is 404 g/mol. The van der Waals surface area contributed by atoms with Crippen LogP contribution in [0, 0.1) is 6.92 Å². The highest BCUT2D eigenvalue weighted by Gasteiger charge is 2.31. The third-order valence-corrected chi connectivity index (χ3v) is 8.08. The van der Waals surface area contributed by atoms with Crippen molar-refractivity contribution in [2.24, 2.45) is 0 Å². The fourth-order valence-corrected chi connectivity index (χ4v) is 6.19. The van der Waals surface area contributed by atoms with Crippen molar-refractivity contribution in [2.75, 3.05) is 6.54 Å². The van der Waals surface area contributed by atoms with Crippen molar-refractivity contribution < 1.29 is 8.42 Å². The fraction of sp³-hybridized carbons (Fsp3) is 0.211. The van der Waals surface area contributed by atoms with Crippen molar-refractivity contribution in [1.29, 1.82) is 0 Å². The van der Waals surface area contributed by atoms with Gasteiger partial charge in [0.1, 0.15) is 5.01 Å². The molecule has 4 rings (SSSR count). The summed E-state index contributed by atoms with van der Waals surface area (Å²) in [6.07, 6.45) is 0.623. The van der Waals surface area contributed by atoms with Gasteiger partial charge in [-0.3, -0.25) is 0 Å². The van der Waals surface area contributed by atoms with Gasteiger partial charge >= 0.3 is 0 Å². The minimum Gasteiger partial charge on any atom is -0.241 e. The Bertz CT molecular complexity index is 1060. The molecule has 2 heterocycles. The van der Waals surface area contributed by atoms with Gasteiger partial charge in [-0.25, -0.2) is 13.4 Å². The molecule has 0 bridgehead atoms. The van der Waals surface area contributed by atoms with Gasteiger partial charge in [0, 0.05) is 28.4 Å². The Kier molecular flexibility index (Phi) is 4.61. The lowest BCUT2D eigenvalue weighted by atomic mass is 10.2. The first-order valence-electron chi connectivity index (χ1n) is 8.26. The van der Waals surface area contributed by atoms with Crippen LogP contribution in [0.4, 0.5) is 0 Å². The number of nitrogens with zero attached hydrogens (tertiary/aromatic N) is 2. The second-order valence-corrected chi connectivity index (χ2v) is 9.60. The average molecular weight is 405 g/mol. The molecule has 26 heavy (non-hydrogen) atoms. The number of sulfonamides is 1. The summed E-state index contributed by atoms with van der Waals surface area (Å²) in [6, 6.07) is 15.0. The van der Waals surface area contributed by atoms with E-state index < -0.39 is 10.0 Å². The van der Waals surface area contributed by atoms with E-state index in [9.17, 15) is 8.42 Å². The van der Waals surface area contributed by atoms with E-state index in [1.165, 1.54) is 4.31 Å². The van der Waals surface area contributed by atoms with Crippen LogP contribution in [-0.2, 0) is 23.0 Å². The molecule has 0 N–H and O–H groups in total. The maximum atomic E-state index is 13.1. The molecule has 0 saturated carbocycles. The Hall–Kier alpha value is -1.73. The number of halogens is 1. The number of thiazole rings is 1. The summed E-state index contributed by atoms with van der Waals surface area (Å²) in [5.41, 5.74) is 2.66. The highest BCUT2D eigenvalue weighted by Crippen LogP contribution is 2.34. The largest absolute Gasteiger partial charge is 0.243 e. The molecular weight excluding hydrogens is 388 g/mol. The van der Waals surface area contributed by atoms with Crippen LogP contribution in [-0.4, -0.2) is 24.3 Å². The van der Waals surface area contributed by atoms with Gasteiger partial charge in [0.05, 0.1) is 17.1 Å². The van der Waals surface area contributed by atoms with Crippen LogP contribution >= 0.6 is 22.9 Å². The summed E-state index contributed by atoms with van der Waals surface area (Å²) in [5.74, 6) is 0.